The summed E-state index contributed by atoms with van der Waals surface area (Å²) in [6.07, 6.45) is 2.42. The van der Waals surface area contributed by atoms with Crippen molar-refractivity contribution >= 4 is 32.3 Å². The number of nitrogens with zero attached hydrogens (tertiary/aromatic N) is 2. The summed E-state index contributed by atoms with van der Waals surface area (Å²) in [4.78, 5) is 2.25. The molecular formula is C18H20FN3O3S2. The summed E-state index contributed by atoms with van der Waals surface area (Å²) in [5.74, 6) is -0.335. The number of likely N-dealkylation sites (tertiary alicyclic amines) is 1. The smallest absolute Gasteiger partial charge is 0.250 e. The van der Waals surface area contributed by atoms with Gasteiger partial charge in [0.2, 0.25) is 10.0 Å². The molecular weight excluding hydrogens is 389 g/mol. The maximum Gasteiger partial charge on any atom is 0.250 e. The van der Waals surface area contributed by atoms with Crippen LogP contribution in [0.25, 0.3) is 11.0 Å². The van der Waals surface area contributed by atoms with Gasteiger partial charge in [0.15, 0.2) is 5.58 Å². The zero-order chi connectivity index (χ0) is 18.9. The summed E-state index contributed by atoms with van der Waals surface area (Å²) in [7, 11) is -3.42. The van der Waals surface area contributed by atoms with Crippen LogP contribution in [0.5, 0.6) is 0 Å². The minimum Gasteiger partial charge on any atom is -0.356 e. The molecule has 3 aromatic rings. The highest BCUT2D eigenvalue weighted by Crippen LogP contribution is 2.22. The standard InChI is InChI=1S/C18H20FN3O3S2/c19-13-5-6-15-16(20-25-17(15)11-13)3-1-8-22-9-7-14(12-22)21-27(23,24)18-4-2-10-26-18/h2,4-6,10-11,14,21H,1,3,7-9,12H2. The van der Waals surface area contributed by atoms with E-state index in [0.717, 1.165) is 43.4 Å². The van der Waals surface area contributed by atoms with E-state index < -0.39 is 10.0 Å². The summed E-state index contributed by atoms with van der Waals surface area (Å²) in [6.45, 7) is 2.42. The van der Waals surface area contributed by atoms with Crippen molar-refractivity contribution in [2.24, 2.45) is 0 Å². The Labute approximate surface area is 161 Å². The maximum atomic E-state index is 13.2. The average molecular weight is 410 g/mol. The van der Waals surface area contributed by atoms with Crippen LogP contribution in [0.1, 0.15) is 18.5 Å². The van der Waals surface area contributed by atoms with E-state index in [2.05, 4.69) is 14.8 Å². The molecule has 0 spiro atoms. The van der Waals surface area contributed by atoms with E-state index in [1.54, 1.807) is 23.6 Å². The third kappa shape index (κ3) is 4.21. The number of aromatic nitrogens is 1. The quantitative estimate of drug-likeness (QED) is 0.649. The zero-order valence-corrected chi connectivity index (χ0v) is 16.2. The number of thiophene rings is 1. The Hall–Kier alpha value is -1.81. The van der Waals surface area contributed by atoms with Crippen molar-refractivity contribution in [1.29, 1.82) is 0 Å². The first-order chi connectivity index (χ1) is 13.0. The van der Waals surface area contributed by atoms with Crippen molar-refractivity contribution in [3.63, 3.8) is 0 Å². The Balaban J connectivity index is 1.28. The molecule has 0 amide bonds. The van der Waals surface area contributed by atoms with E-state index in [4.69, 9.17) is 4.52 Å². The average Bonchev–Trinajstić information content (AvgIpc) is 3.36. The van der Waals surface area contributed by atoms with Gasteiger partial charge in [-0.3, -0.25) is 0 Å². The monoisotopic (exact) mass is 409 g/mol. The molecule has 0 aliphatic carbocycles. The second-order valence-corrected chi connectivity index (χ2v) is 9.60. The molecule has 1 N–H and O–H groups in total. The predicted octanol–water partition coefficient (Wildman–Crippen LogP) is 3.01. The van der Waals surface area contributed by atoms with E-state index >= 15 is 0 Å². The second kappa shape index (κ2) is 7.67. The van der Waals surface area contributed by atoms with Crippen molar-refractivity contribution in [2.75, 3.05) is 19.6 Å². The first-order valence-corrected chi connectivity index (χ1v) is 11.2. The van der Waals surface area contributed by atoms with Gasteiger partial charge in [0.25, 0.3) is 0 Å². The molecule has 1 aromatic carbocycles. The molecule has 0 radical (unpaired) electrons. The molecule has 4 rings (SSSR count). The van der Waals surface area contributed by atoms with Crippen LogP contribution in [-0.2, 0) is 16.4 Å². The van der Waals surface area contributed by atoms with Crippen LogP contribution in [0.4, 0.5) is 4.39 Å². The largest absolute Gasteiger partial charge is 0.356 e. The molecule has 3 heterocycles. The number of aryl methyl sites for hydroxylation is 1. The van der Waals surface area contributed by atoms with Crippen molar-refractivity contribution in [3.05, 3.63) is 47.2 Å². The fourth-order valence-electron chi connectivity index (χ4n) is 3.44. The summed E-state index contributed by atoms with van der Waals surface area (Å²) < 4.78 is 46.2. The van der Waals surface area contributed by atoms with Gasteiger partial charge in [-0.25, -0.2) is 17.5 Å². The molecule has 6 nitrogen and oxygen atoms in total. The Morgan fingerprint density at radius 1 is 1.37 bits per heavy atom. The van der Waals surface area contributed by atoms with Crippen LogP contribution in [0.3, 0.4) is 0 Å². The molecule has 144 valence electrons. The van der Waals surface area contributed by atoms with Crippen molar-refractivity contribution in [2.45, 2.75) is 29.5 Å². The minimum atomic E-state index is -3.42. The molecule has 1 fully saturated rings. The molecule has 1 saturated heterocycles. The molecule has 0 bridgehead atoms. The normalized spacial score (nSPS) is 18.5. The van der Waals surface area contributed by atoms with Crippen molar-refractivity contribution in [1.82, 2.24) is 14.8 Å². The topological polar surface area (TPSA) is 75.4 Å². The van der Waals surface area contributed by atoms with E-state index in [9.17, 15) is 12.8 Å². The van der Waals surface area contributed by atoms with Gasteiger partial charge < -0.3 is 9.42 Å². The highest BCUT2D eigenvalue weighted by atomic mass is 32.2. The molecule has 1 atom stereocenters. The third-order valence-electron chi connectivity index (χ3n) is 4.75. The van der Waals surface area contributed by atoms with E-state index in [-0.39, 0.29) is 11.9 Å². The fraction of sp³-hybridized carbons (Fsp3) is 0.389. The predicted molar refractivity (Wildman–Crippen MR) is 102 cm³/mol. The SMILES string of the molecule is O=S(=O)(NC1CCN(CCCc2noc3cc(F)ccc23)C1)c1cccs1. The highest BCUT2D eigenvalue weighted by molar-refractivity contribution is 7.91. The first kappa shape index (κ1) is 18.5. The van der Waals surface area contributed by atoms with Crippen LogP contribution in [0.15, 0.2) is 44.4 Å². The fourth-order valence-corrected chi connectivity index (χ4v) is 5.71. The molecule has 9 heteroatoms. The van der Waals surface area contributed by atoms with E-state index in [1.165, 1.54) is 23.5 Å². The summed E-state index contributed by atoms with van der Waals surface area (Å²) in [6, 6.07) is 7.75. The van der Waals surface area contributed by atoms with Crippen LogP contribution in [-0.4, -0.2) is 44.2 Å². The number of halogens is 1. The summed E-state index contributed by atoms with van der Waals surface area (Å²) >= 11 is 1.22. The Morgan fingerprint density at radius 3 is 3.07 bits per heavy atom. The van der Waals surface area contributed by atoms with Gasteiger partial charge in [-0.05, 0) is 55.9 Å². The number of hydrogen-bond acceptors (Lipinski definition) is 6. The molecule has 0 saturated carbocycles. The number of sulfonamides is 1. The minimum absolute atomic E-state index is 0.0621. The number of hydrogen-bond donors (Lipinski definition) is 1. The summed E-state index contributed by atoms with van der Waals surface area (Å²) in [5, 5.41) is 6.65. The molecule has 2 aromatic heterocycles. The number of rotatable bonds is 7. The molecule has 1 aliphatic heterocycles. The van der Waals surface area contributed by atoms with Gasteiger partial charge in [0.1, 0.15) is 10.0 Å². The number of benzene rings is 1. The van der Waals surface area contributed by atoms with Gasteiger partial charge in [0, 0.05) is 24.0 Å². The van der Waals surface area contributed by atoms with Crippen molar-refractivity contribution < 1.29 is 17.3 Å². The Kier molecular flexibility index (Phi) is 5.27. The Bertz CT molecular complexity index is 1020. The lowest BCUT2D eigenvalue weighted by molar-refractivity contribution is 0.326. The summed E-state index contributed by atoms with van der Waals surface area (Å²) in [5.41, 5.74) is 1.30. The van der Waals surface area contributed by atoms with Crippen LogP contribution >= 0.6 is 11.3 Å². The van der Waals surface area contributed by atoms with Gasteiger partial charge in [-0.2, -0.15) is 0 Å². The third-order valence-corrected chi connectivity index (χ3v) is 7.67. The van der Waals surface area contributed by atoms with Crippen LogP contribution in [0.2, 0.25) is 0 Å². The molecule has 1 unspecified atom stereocenters. The lowest BCUT2D eigenvalue weighted by Gasteiger charge is -2.16. The number of fused-ring (bicyclic) bond motifs is 1. The Morgan fingerprint density at radius 2 is 2.26 bits per heavy atom. The lowest BCUT2D eigenvalue weighted by atomic mass is 10.1. The van der Waals surface area contributed by atoms with Gasteiger partial charge in [0.05, 0.1) is 5.69 Å². The first-order valence-electron chi connectivity index (χ1n) is 8.83. The van der Waals surface area contributed by atoms with Gasteiger partial charge >= 0.3 is 0 Å². The van der Waals surface area contributed by atoms with Gasteiger partial charge in [-0.1, -0.05) is 11.2 Å². The number of nitrogens with one attached hydrogen (secondary N) is 1. The van der Waals surface area contributed by atoms with Gasteiger partial charge in [-0.15, -0.1) is 11.3 Å². The van der Waals surface area contributed by atoms with Crippen molar-refractivity contribution in [3.8, 4) is 0 Å². The van der Waals surface area contributed by atoms with Crippen LogP contribution in [0, 0.1) is 5.82 Å². The maximum absolute atomic E-state index is 13.2. The van der Waals surface area contributed by atoms with E-state index in [0.29, 0.717) is 16.3 Å². The van der Waals surface area contributed by atoms with Crippen LogP contribution < -0.4 is 4.72 Å². The second-order valence-electron chi connectivity index (χ2n) is 6.71. The lowest BCUT2D eigenvalue weighted by Crippen LogP contribution is -2.36. The highest BCUT2D eigenvalue weighted by Gasteiger charge is 2.27. The van der Waals surface area contributed by atoms with E-state index in [1.807, 2.05) is 0 Å². The zero-order valence-electron chi connectivity index (χ0n) is 14.6. The molecule has 27 heavy (non-hydrogen) atoms. The molecule has 1 aliphatic rings.